The van der Waals surface area contributed by atoms with Crippen molar-refractivity contribution in [1.29, 1.82) is 0 Å². The van der Waals surface area contributed by atoms with Crippen LogP contribution in [0.2, 0.25) is 10.0 Å². The van der Waals surface area contributed by atoms with E-state index in [1.165, 1.54) is 11.9 Å². The molecule has 4 rings (SSSR count). The number of rotatable bonds is 6. The highest BCUT2D eigenvalue weighted by Crippen LogP contribution is 2.32. The standard InChI is InChI=1S/C25H20Cl2N2OS/c1-29(16-17-7-3-2-4-8-17)25(30)19-11-18-9-5-6-10-23(18)24(12-19)28-31-22-14-20(26)13-21(27)15-22/h2-15,28H,16H2,1H3. The summed E-state index contributed by atoms with van der Waals surface area (Å²) in [5, 5.41) is 3.18. The number of hydrogen-bond acceptors (Lipinski definition) is 3. The van der Waals surface area contributed by atoms with Gasteiger partial charge in [-0.25, -0.2) is 0 Å². The smallest absolute Gasteiger partial charge is 0.253 e. The molecular formula is C25H20Cl2N2OS. The topological polar surface area (TPSA) is 32.3 Å². The maximum absolute atomic E-state index is 13.2. The normalized spacial score (nSPS) is 10.8. The van der Waals surface area contributed by atoms with Gasteiger partial charge in [0, 0.05) is 39.5 Å². The van der Waals surface area contributed by atoms with Gasteiger partial charge in [0.1, 0.15) is 0 Å². The number of hydrogen-bond donors (Lipinski definition) is 1. The number of fused-ring (bicyclic) bond motifs is 1. The van der Waals surface area contributed by atoms with Crippen molar-refractivity contribution in [2.24, 2.45) is 0 Å². The third-order valence-electron chi connectivity index (χ3n) is 4.83. The quantitative estimate of drug-likeness (QED) is 0.297. The molecule has 0 atom stereocenters. The molecule has 0 fully saturated rings. The zero-order valence-electron chi connectivity index (χ0n) is 16.8. The second-order valence-electron chi connectivity index (χ2n) is 7.20. The van der Waals surface area contributed by atoms with E-state index in [9.17, 15) is 4.79 Å². The van der Waals surface area contributed by atoms with Gasteiger partial charge in [0.25, 0.3) is 5.91 Å². The first kappa shape index (κ1) is 21.6. The largest absolute Gasteiger partial charge is 0.337 e. The van der Waals surface area contributed by atoms with Crippen molar-refractivity contribution in [3.63, 3.8) is 0 Å². The van der Waals surface area contributed by atoms with Crippen molar-refractivity contribution >= 4 is 57.5 Å². The Morgan fingerprint density at radius 3 is 2.32 bits per heavy atom. The fourth-order valence-corrected chi connectivity index (χ4v) is 4.79. The average Bonchev–Trinajstić information content (AvgIpc) is 2.76. The Bertz CT molecular complexity index is 1210. The molecule has 0 aromatic heterocycles. The van der Waals surface area contributed by atoms with E-state index in [1.807, 2.05) is 85.9 Å². The van der Waals surface area contributed by atoms with Crippen LogP contribution in [0.25, 0.3) is 10.8 Å². The van der Waals surface area contributed by atoms with Crippen molar-refractivity contribution in [2.75, 3.05) is 11.8 Å². The van der Waals surface area contributed by atoms with Crippen LogP contribution in [-0.4, -0.2) is 17.9 Å². The molecule has 0 aliphatic rings. The van der Waals surface area contributed by atoms with Crippen molar-refractivity contribution in [2.45, 2.75) is 11.4 Å². The lowest BCUT2D eigenvalue weighted by Crippen LogP contribution is -2.26. The highest BCUT2D eigenvalue weighted by atomic mass is 35.5. The zero-order valence-corrected chi connectivity index (χ0v) is 19.1. The third-order valence-corrected chi connectivity index (χ3v) is 6.06. The van der Waals surface area contributed by atoms with Crippen LogP contribution in [0.15, 0.2) is 89.8 Å². The molecule has 1 N–H and O–H groups in total. The van der Waals surface area contributed by atoms with Gasteiger partial charge >= 0.3 is 0 Å². The first-order valence-corrected chi connectivity index (χ1v) is 11.3. The molecule has 0 aliphatic heterocycles. The van der Waals surface area contributed by atoms with Gasteiger partial charge in [0.15, 0.2) is 0 Å². The van der Waals surface area contributed by atoms with Gasteiger partial charge in [-0.05, 0) is 53.2 Å². The van der Waals surface area contributed by atoms with Crippen molar-refractivity contribution in [3.05, 3.63) is 106 Å². The molecule has 0 radical (unpaired) electrons. The number of nitrogens with one attached hydrogen (secondary N) is 1. The molecule has 6 heteroatoms. The van der Waals surface area contributed by atoms with E-state index >= 15 is 0 Å². The van der Waals surface area contributed by atoms with Gasteiger partial charge in [-0.3, -0.25) is 4.79 Å². The molecule has 156 valence electrons. The maximum Gasteiger partial charge on any atom is 0.253 e. The lowest BCUT2D eigenvalue weighted by Gasteiger charge is -2.19. The summed E-state index contributed by atoms with van der Waals surface area (Å²) in [6, 6.07) is 27.2. The molecule has 0 bridgehead atoms. The molecule has 0 spiro atoms. The van der Waals surface area contributed by atoms with Gasteiger partial charge < -0.3 is 9.62 Å². The van der Waals surface area contributed by atoms with E-state index in [0.29, 0.717) is 22.2 Å². The minimum Gasteiger partial charge on any atom is -0.337 e. The third kappa shape index (κ3) is 5.34. The number of carbonyl (C=O) groups is 1. The van der Waals surface area contributed by atoms with Crippen LogP contribution >= 0.6 is 35.1 Å². The zero-order chi connectivity index (χ0) is 21.8. The molecule has 1 amide bonds. The van der Waals surface area contributed by atoms with Crippen LogP contribution in [0, 0.1) is 0 Å². The van der Waals surface area contributed by atoms with E-state index in [-0.39, 0.29) is 5.91 Å². The Hall–Kier alpha value is -2.66. The lowest BCUT2D eigenvalue weighted by atomic mass is 10.0. The number of anilines is 1. The summed E-state index contributed by atoms with van der Waals surface area (Å²) in [5.74, 6) is -0.0338. The first-order valence-electron chi connectivity index (χ1n) is 9.71. The Labute approximate surface area is 196 Å². The van der Waals surface area contributed by atoms with Crippen LogP contribution in [0.1, 0.15) is 15.9 Å². The van der Waals surface area contributed by atoms with Gasteiger partial charge in [-0.15, -0.1) is 0 Å². The summed E-state index contributed by atoms with van der Waals surface area (Å²) >= 11 is 13.6. The van der Waals surface area contributed by atoms with Gasteiger partial charge in [0.05, 0.1) is 5.69 Å². The average molecular weight is 467 g/mol. The maximum atomic E-state index is 13.2. The number of halogens is 2. The monoisotopic (exact) mass is 466 g/mol. The summed E-state index contributed by atoms with van der Waals surface area (Å²) < 4.78 is 3.37. The fourth-order valence-electron chi connectivity index (χ4n) is 3.37. The van der Waals surface area contributed by atoms with Gasteiger partial charge in [-0.1, -0.05) is 77.8 Å². The number of carbonyl (C=O) groups excluding carboxylic acids is 1. The van der Waals surface area contributed by atoms with Crippen LogP contribution < -0.4 is 4.72 Å². The predicted octanol–water partition coefficient (Wildman–Crippen LogP) is 7.54. The molecule has 0 heterocycles. The first-order chi connectivity index (χ1) is 15.0. The number of nitrogens with zero attached hydrogens (tertiary/aromatic N) is 1. The Morgan fingerprint density at radius 2 is 1.58 bits per heavy atom. The Balaban J connectivity index is 1.61. The number of benzene rings is 4. The molecular weight excluding hydrogens is 447 g/mol. The van der Waals surface area contributed by atoms with E-state index < -0.39 is 0 Å². The van der Waals surface area contributed by atoms with Gasteiger partial charge in [0.2, 0.25) is 0 Å². The minimum absolute atomic E-state index is 0.0338. The molecule has 0 unspecified atom stereocenters. The van der Waals surface area contributed by atoms with E-state index in [1.54, 1.807) is 11.0 Å². The van der Waals surface area contributed by atoms with E-state index in [2.05, 4.69) is 4.72 Å². The summed E-state index contributed by atoms with van der Waals surface area (Å²) in [6.45, 7) is 0.547. The molecule has 0 saturated carbocycles. The van der Waals surface area contributed by atoms with Crippen molar-refractivity contribution in [1.82, 2.24) is 4.90 Å². The lowest BCUT2D eigenvalue weighted by molar-refractivity contribution is 0.0785. The van der Waals surface area contributed by atoms with E-state index in [4.69, 9.17) is 23.2 Å². The molecule has 4 aromatic rings. The van der Waals surface area contributed by atoms with Crippen LogP contribution in [-0.2, 0) is 6.54 Å². The van der Waals surface area contributed by atoms with Gasteiger partial charge in [-0.2, -0.15) is 0 Å². The highest BCUT2D eigenvalue weighted by Gasteiger charge is 2.15. The van der Waals surface area contributed by atoms with Crippen LogP contribution in [0.3, 0.4) is 0 Å². The minimum atomic E-state index is -0.0338. The van der Waals surface area contributed by atoms with Crippen molar-refractivity contribution in [3.8, 4) is 0 Å². The fraction of sp³-hybridized carbons (Fsp3) is 0.0800. The molecule has 0 saturated heterocycles. The second-order valence-corrected chi connectivity index (χ2v) is 8.95. The summed E-state index contributed by atoms with van der Waals surface area (Å²) in [7, 11) is 1.82. The SMILES string of the molecule is CN(Cc1ccccc1)C(=O)c1cc(NSc2cc(Cl)cc(Cl)c2)c2ccccc2c1. The summed E-state index contributed by atoms with van der Waals surface area (Å²) in [5.41, 5.74) is 2.57. The van der Waals surface area contributed by atoms with Crippen LogP contribution in [0.5, 0.6) is 0 Å². The molecule has 31 heavy (non-hydrogen) atoms. The molecule has 4 aromatic carbocycles. The van der Waals surface area contributed by atoms with Crippen LogP contribution in [0.4, 0.5) is 5.69 Å². The predicted molar refractivity (Wildman–Crippen MR) is 132 cm³/mol. The molecule has 3 nitrogen and oxygen atoms in total. The number of amides is 1. The molecule has 0 aliphatic carbocycles. The summed E-state index contributed by atoms with van der Waals surface area (Å²) in [6.07, 6.45) is 0. The summed E-state index contributed by atoms with van der Waals surface area (Å²) in [4.78, 5) is 15.8. The Morgan fingerprint density at radius 1 is 0.903 bits per heavy atom. The highest BCUT2D eigenvalue weighted by molar-refractivity contribution is 8.00. The second kappa shape index (κ2) is 9.65. The van der Waals surface area contributed by atoms with E-state index in [0.717, 1.165) is 26.9 Å². The Kier molecular flexibility index (Phi) is 6.71. The van der Waals surface area contributed by atoms with Crippen molar-refractivity contribution < 1.29 is 4.79 Å².